The van der Waals surface area contributed by atoms with Gasteiger partial charge in [0.2, 0.25) is 5.91 Å². The topological polar surface area (TPSA) is 55.4 Å². The molecule has 7 heteroatoms. The number of amides is 1. The summed E-state index contributed by atoms with van der Waals surface area (Å²) >= 11 is 13.0. The summed E-state index contributed by atoms with van der Waals surface area (Å²) in [5.74, 6) is -0.0133. The van der Waals surface area contributed by atoms with Crippen molar-refractivity contribution in [3.05, 3.63) is 52.5 Å². The second-order valence-corrected chi connectivity index (χ2v) is 6.41. The van der Waals surface area contributed by atoms with E-state index in [1.165, 1.54) is 24.8 Å². The van der Waals surface area contributed by atoms with E-state index in [2.05, 4.69) is 5.32 Å². The van der Waals surface area contributed by atoms with Crippen LogP contribution < -0.4 is 10.1 Å². The fraction of sp³-hybridized carbons (Fsp3) is 0.125. The molecule has 0 fully saturated rings. The van der Waals surface area contributed by atoms with Crippen molar-refractivity contribution in [2.45, 2.75) is 11.8 Å². The summed E-state index contributed by atoms with van der Waals surface area (Å²) in [7, 11) is 0. The average Bonchev–Trinajstić information content (AvgIpc) is 2.50. The third kappa shape index (κ3) is 5.78. The number of benzene rings is 2. The molecule has 0 aliphatic rings. The molecule has 1 amide bonds. The van der Waals surface area contributed by atoms with Gasteiger partial charge in [-0.05, 0) is 36.4 Å². The molecule has 2 rings (SSSR count). The molecule has 0 saturated carbocycles. The van der Waals surface area contributed by atoms with E-state index >= 15 is 0 Å². The largest absolute Gasteiger partial charge is 0.426 e. The molecule has 23 heavy (non-hydrogen) atoms. The summed E-state index contributed by atoms with van der Waals surface area (Å²) in [6.45, 7) is 1.45. The molecule has 0 aliphatic heterocycles. The van der Waals surface area contributed by atoms with Crippen LogP contribution in [-0.4, -0.2) is 17.6 Å². The number of halogens is 2. The molecule has 120 valence electrons. The third-order valence-electron chi connectivity index (χ3n) is 2.65. The van der Waals surface area contributed by atoms with Gasteiger partial charge >= 0.3 is 5.97 Å². The number of hydrogen-bond acceptors (Lipinski definition) is 4. The first-order chi connectivity index (χ1) is 10.9. The number of carbonyl (C=O) groups is 2. The van der Waals surface area contributed by atoms with Gasteiger partial charge in [-0.2, -0.15) is 0 Å². The van der Waals surface area contributed by atoms with Crippen molar-refractivity contribution >= 4 is 52.5 Å². The van der Waals surface area contributed by atoms with Crippen LogP contribution in [0.15, 0.2) is 47.4 Å². The van der Waals surface area contributed by atoms with E-state index in [9.17, 15) is 9.59 Å². The zero-order valence-electron chi connectivity index (χ0n) is 12.1. The Morgan fingerprint density at radius 3 is 2.39 bits per heavy atom. The van der Waals surface area contributed by atoms with Crippen LogP contribution in [0.3, 0.4) is 0 Å². The molecule has 2 aromatic carbocycles. The first-order valence-corrected chi connectivity index (χ1v) is 8.34. The highest BCUT2D eigenvalue weighted by Crippen LogP contribution is 2.27. The van der Waals surface area contributed by atoms with E-state index in [1.807, 2.05) is 12.1 Å². The highest BCUT2D eigenvalue weighted by Gasteiger charge is 2.08. The van der Waals surface area contributed by atoms with E-state index in [0.717, 1.165) is 4.90 Å². The lowest BCUT2D eigenvalue weighted by atomic mass is 10.3. The molecule has 0 radical (unpaired) electrons. The molecule has 0 saturated heterocycles. The molecule has 1 N–H and O–H groups in total. The smallest absolute Gasteiger partial charge is 0.321 e. The molecule has 0 aromatic heterocycles. The number of thioether (sulfide) groups is 1. The van der Waals surface area contributed by atoms with Crippen molar-refractivity contribution in [1.82, 2.24) is 0 Å². The lowest BCUT2D eigenvalue weighted by Gasteiger charge is -2.06. The minimum atomic E-state index is -0.390. The Bertz CT molecular complexity index is 720. The van der Waals surface area contributed by atoms with Gasteiger partial charge in [0.1, 0.15) is 5.75 Å². The molecule has 0 atom stereocenters. The van der Waals surface area contributed by atoms with Gasteiger partial charge in [0.15, 0.2) is 0 Å². The van der Waals surface area contributed by atoms with E-state index < -0.39 is 0 Å². The molecule has 4 nitrogen and oxygen atoms in total. The van der Waals surface area contributed by atoms with Crippen LogP contribution in [0, 0.1) is 0 Å². The molecule has 0 bridgehead atoms. The number of ether oxygens (including phenoxy) is 1. The zero-order valence-corrected chi connectivity index (χ0v) is 14.5. The number of esters is 1. The summed E-state index contributed by atoms with van der Waals surface area (Å²) in [4.78, 5) is 23.6. The summed E-state index contributed by atoms with van der Waals surface area (Å²) in [6, 6.07) is 11.8. The minimum Gasteiger partial charge on any atom is -0.426 e. The number of rotatable bonds is 5. The molecule has 0 unspecified atom stereocenters. The van der Waals surface area contributed by atoms with Crippen LogP contribution in [0.1, 0.15) is 6.92 Å². The number of anilines is 1. The van der Waals surface area contributed by atoms with Crippen LogP contribution in [0.4, 0.5) is 5.69 Å². The molecule has 0 spiro atoms. The van der Waals surface area contributed by atoms with Gasteiger partial charge in [-0.1, -0.05) is 23.2 Å². The molecule has 2 aromatic rings. The predicted octanol–water partition coefficient (Wildman–Crippen LogP) is 4.65. The zero-order chi connectivity index (χ0) is 16.8. The normalized spacial score (nSPS) is 10.2. The van der Waals surface area contributed by atoms with Crippen LogP contribution in [-0.2, 0) is 9.59 Å². The van der Waals surface area contributed by atoms with E-state index in [-0.39, 0.29) is 17.6 Å². The van der Waals surface area contributed by atoms with Crippen LogP contribution >= 0.6 is 35.0 Å². The van der Waals surface area contributed by atoms with E-state index in [0.29, 0.717) is 21.5 Å². The number of hydrogen-bond donors (Lipinski definition) is 1. The van der Waals surface area contributed by atoms with Crippen molar-refractivity contribution in [2.75, 3.05) is 11.1 Å². The first-order valence-electron chi connectivity index (χ1n) is 6.60. The first kappa shape index (κ1) is 17.7. The monoisotopic (exact) mass is 369 g/mol. The highest BCUT2D eigenvalue weighted by molar-refractivity contribution is 8.00. The maximum atomic E-state index is 11.8. The molecular formula is C16H13Cl2NO3S. The Balaban J connectivity index is 1.86. The van der Waals surface area contributed by atoms with Gasteiger partial charge < -0.3 is 10.1 Å². The van der Waals surface area contributed by atoms with E-state index in [4.69, 9.17) is 27.9 Å². The van der Waals surface area contributed by atoms with Crippen LogP contribution in [0.2, 0.25) is 10.0 Å². The van der Waals surface area contributed by atoms with Crippen molar-refractivity contribution < 1.29 is 14.3 Å². The maximum Gasteiger partial charge on any atom is 0.321 e. The summed E-state index contributed by atoms with van der Waals surface area (Å²) < 4.78 is 5.19. The van der Waals surface area contributed by atoms with Gasteiger partial charge in [0.25, 0.3) is 0 Å². The fourth-order valence-corrected chi connectivity index (χ4v) is 2.64. The lowest BCUT2D eigenvalue weighted by Crippen LogP contribution is -2.10. The molecule has 0 heterocycles. The van der Waals surface area contributed by atoms with Crippen LogP contribution in [0.5, 0.6) is 5.75 Å². The second-order valence-electron chi connectivity index (χ2n) is 4.54. The Hall–Kier alpha value is -1.69. The van der Waals surface area contributed by atoms with Gasteiger partial charge in [0, 0.05) is 23.6 Å². The maximum absolute atomic E-state index is 11.8. The Labute approximate surface area is 148 Å². The fourth-order valence-electron chi connectivity index (χ4n) is 1.68. The van der Waals surface area contributed by atoms with Crippen molar-refractivity contribution in [3.63, 3.8) is 0 Å². The predicted molar refractivity (Wildman–Crippen MR) is 93.6 cm³/mol. The van der Waals surface area contributed by atoms with Crippen molar-refractivity contribution in [2.24, 2.45) is 0 Å². The summed E-state index contributed by atoms with van der Waals surface area (Å²) in [5.41, 5.74) is 0.709. The Kier molecular flexibility index (Phi) is 6.33. The Morgan fingerprint density at radius 2 is 1.78 bits per heavy atom. The van der Waals surface area contributed by atoms with Gasteiger partial charge in [-0.3, -0.25) is 9.59 Å². The Morgan fingerprint density at radius 1 is 1.09 bits per heavy atom. The molecule has 0 aliphatic carbocycles. The quantitative estimate of drug-likeness (QED) is 0.473. The van der Waals surface area contributed by atoms with Gasteiger partial charge in [0.05, 0.1) is 15.8 Å². The SMILES string of the molecule is CC(=O)Nc1ccc(SCC(=O)Oc2ccc(Cl)c(Cl)c2)cc1. The molecular weight excluding hydrogens is 357 g/mol. The van der Waals surface area contributed by atoms with E-state index in [1.54, 1.807) is 24.3 Å². The minimum absolute atomic E-state index is 0.129. The third-order valence-corrected chi connectivity index (χ3v) is 4.38. The average molecular weight is 370 g/mol. The van der Waals surface area contributed by atoms with Crippen molar-refractivity contribution in [1.29, 1.82) is 0 Å². The van der Waals surface area contributed by atoms with Crippen LogP contribution in [0.25, 0.3) is 0 Å². The second kappa shape index (κ2) is 8.24. The standard InChI is InChI=1S/C16H13Cl2NO3S/c1-10(20)19-11-2-5-13(6-3-11)23-9-16(21)22-12-4-7-14(17)15(18)8-12/h2-8H,9H2,1H3,(H,19,20). The highest BCUT2D eigenvalue weighted by atomic mass is 35.5. The number of nitrogens with one attached hydrogen (secondary N) is 1. The van der Waals surface area contributed by atoms with Gasteiger partial charge in [-0.25, -0.2) is 0 Å². The summed E-state index contributed by atoms with van der Waals surface area (Å²) in [5, 5.41) is 3.41. The van der Waals surface area contributed by atoms with Gasteiger partial charge in [-0.15, -0.1) is 11.8 Å². The lowest BCUT2D eigenvalue weighted by molar-refractivity contribution is -0.131. The summed E-state index contributed by atoms with van der Waals surface area (Å²) in [6.07, 6.45) is 0. The van der Waals surface area contributed by atoms with Crippen molar-refractivity contribution in [3.8, 4) is 5.75 Å². The number of carbonyl (C=O) groups excluding carboxylic acids is 2.